The molecule has 2 unspecified atom stereocenters. The Morgan fingerprint density at radius 1 is 1.21 bits per heavy atom. The number of alkyl halides is 1. The van der Waals surface area contributed by atoms with Crippen molar-refractivity contribution in [3.63, 3.8) is 0 Å². The van der Waals surface area contributed by atoms with Crippen molar-refractivity contribution in [2.45, 2.75) is 42.8 Å². The lowest BCUT2D eigenvalue weighted by molar-refractivity contribution is -0.172. The second-order valence-electron chi connectivity index (χ2n) is 7.89. The predicted molar refractivity (Wildman–Crippen MR) is 91.4 cm³/mol. The van der Waals surface area contributed by atoms with Crippen molar-refractivity contribution in [3.05, 3.63) is 0 Å². The molecule has 2 amide bonds. The van der Waals surface area contributed by atoms with Crippen LogP contribution in [0.2, 0.25) is 0 Å². The van der Waals surface area contributed by atoms with E-state index in [4.69, 9.17) is 4.74 Å². The number of nitrogens with one attached hydrogen (secondary N) is 1. The molecule has 0 aromatic carbocycles. The Morgan fingerprint density at radius 3 is 2.38 bits per heavy atom. The Kier molecular flexibility index (Phi) is 4.66. The van der Waals surface area contributed by atoms with Gasteiger partial charge in [-0.2, -0.15) is 0 Å². The molecule has 134 valence electrons. The van der Waals surface area contributed by atoms with Gasteiger partial charge in [-0.3, -0.25) is 14.4 Å². The fraction of sp³-hybridized carbons (Fsp3) is 0.824. The Labute approximate surface area is 150 Å². The molecule has 4 bridgehead atoms. The van der Waals surface area contributed by atoms with E-state index in [1.807, 2.05) is 0 Å². The molecule has 0 aromatic rings. The molecule has 4 fully saturated rings. The van der Waals surface area contributed by atoms with Crippen LogP contribution < -0.4 is 5.32 Å². The van der Waals surface area contributed by atoms with Crippen molar-refractivity contribution in [1.29, 1.82) is 0 Å². The van der Waals surface area contributed by atoms with E-state index < -0.39 is 5.41 Å². The van der Waals surface area contributed by atoms with E-state index in [1.54, 1.807) is 0 Å². The molecule has 1 N–H and O–H groups in total. The number of esters is 1. The van der Waals surface area contributed by atoms with E-state index in [2.05, 4.69) is 21.2 Å². The minimum Gasteiger partial charge on any atom is -0.455 e. The predicted octanol–water partition coefficient (Wildman–Crippen LogP) is 1.47. The van der Waals surface area contributed by atoms with Crippen LogP contribution in [0.25, 0.3) is 0 Å². The van der Waals surface area contributed by atoms with Crippen LogP contribution in [0, 0.1) is 17.3 Å². The maximum Gasteiger partial charge on any atom is 0.312 e. The Morgan fingerprint density at radius 2 is 1.83 bits per heavy atom. The second-order valence-corrected chi connectivity index (χ2v) is 9.57. The summed E-state index contributed by atoms with van der Waals surface area (Å²) in [5.41, 5.74) is -0.423. The van der Waals surface area contributed by atoms with Crippen molar-refractivity contribution in [2.24, 2.45) is 17.3 Å². The molecule has 4 rings (SSSR count). The number of carbonyl (C=O) groups excluding carboxylic acids is 3. The molecule has 0 aromatic heterocycles. The number of carbonyl (C=O) groups is 3. The molecule has 0 radical (unpaired) electrons. The van der Waals surface area contributed by atoms with Gasteiger partial charge in [0, 0.05) is 18.4 Å². The monoisotopic (exact) mass is 400 g/mol. The zero-order valence-electron chi connectivity index (χ0n) is 14.3. The fourth-order valence-corrected chi connectivity index (χ4v) is 6.62. The number of likely N-dealkylation sites (N-methyl/N-ethyl adjacent to an activating group) is 2. The lowest BCUT2D eigenvalue weighted by Gasteiger charge is -2.58. The van der Waals surface area contributed by atoms with Gasteiger partial charge < -0.3 is 15.0 Å². The zero-order chi connectivity index (χ0) is 17.5. The van der Waals surface area contributed by atoms with Crippen LogP contribution >= 0.6 is 15.9 Å². The van der Waals surface area contributed by atoms with E-state index in [1.165, 1.54) is 25.4 Å². The van der Waals surface area contributed by atoms with Gasteiger partial charge in [-0.15, -0.1) is 0 Å². The standard InChI is InChI=1S/C17H25BrN2O4/c1-19-13(21)8-20(2)14(22)9-24-15(23)16-4-11-3-12(5-16)7-17(18,6-11)10-16/h11-12H,3-10H2,1-2H3,(H,19,21)/t11-,12+,16?,17?. The highest BCUT2D eigenvalue weighted by Crippen LogP contribution is 2.64. The number of hydrogen-bond acceptors (Lipinski definition) is 4. The second kappa shape index (κ2) is 6.32. The quantitative estimate of drug-likeness (QED) is 0.559. The lowest BCUT2D eigenvalue weighted by Crippen LogP contribution is -2.56. The number of ether oxygens (including phenoxy) is 1. The molecule has 4 aliphatic carbocycles. The van der Waals surface area contributed by atoms with Crippen molar-refractivity contribution in [3.8, 4) is 0 Å². The summed E-state index contributed by atoms with van der Waals surface area (Å²) in [4.78, 5) is 37.4. The van der Waals surface area contributed by atoms with Crippen LogP contribution in [0.1, 0.15) is 38.5 Å². The Bertz CT molecular complexity index is 551. The summed E-state index contributed by atoms with van der Waals surface area (Å²) >= 11 is 3.87. The van der Waals surface area contributed by atoms with Crippen molar-refractivity contribution >= 4 is 33.7 Å². The van der Waals surface area contributed by atoms with E-state index in [0.29, 0.717) is 11.8 Å². The minimum atomic E-state index is -0.423. The Hall–Kier alpha value is -1.11. The molecule has 0 heterocycles. The van der Waals surface area contributed by atoms with Crippen LogP contribution in [0.3, 0.4) is 0 Å². The summed E-state index contributed by atoms with van der Waals surface area (Å²) in [7, 11) is 3.05. The third kappa shape index (κ3) is 3.32. The van der Waals surface area contributed by atoms with Gasteiger partial charge in [0.1, 0.15) is 0 Å². The summed E-state index contributed by atoms with van der Waals surface area (Å²) < 4.78 is 5.47. The van der Waals surface area contributed by atoms with Crippen molar-refractivity contribution in [2.75, 3.05) is 27.2 Å². The van der Waals surface area contributed by atoms with Crippen molar-refractivity contribution < 1.29 is 19.1 Å². The first-order chi connectivity index (χ1) is 11.3. The summed E-state index contributed by atoms with van der Waals surface area (Å²) in [6, 6.07) is 0. The number of halogens is 1. The van der Waals surface area contributed by atoms with E-state index in [-0.39, 0.29) is 35.3 Å². The normalized spacial score (nSPS) is 36.3. The van der Waals surface area contributed by atoms with Gasteiger partial charge in [0.15, 0.2) is 6.61 Å². The van der Waals surface area contributed by atoms with Gasteiger partial charge in [0.25, 0.3) is 5.91 Å². The minimum absolute atomic E-state index is 0.0350. The number of hydrogen-bond donors (Lipinski definition) is 1. The molecule has 0 saturated heterocycles. The number of rotatable bonds is 5. The van der Waals surface area contributed by atoms with Gasteiger partial charge in [0.05, 0.1) is 12.0 Å². The zero-order valence-corrected chi connectivity index (χ0v) is 15.9. The molecule has 4 saturated carbocycles. The summed E-state index contributed by atoms with van der Waals surface area (Å²) in [6.07, 6.45) is 6.10. The maximum absolute atomic E-state index is 12.8. The van der Waals surface area contributed by atoms with Crippen LogP contribution in [-0.2, 0) is 19.1 Å². The first-order valence-electron chi connectivity index (χ1n) is 8.56. The van der Waals surface area contributed by atoms with Gasteiger partial charge in [0.2, 0.25) is 5.91 Å². The van der Waals surface area contributed by atoms with Gasteiger partial charge >= 0.3 is 5.97 Å². The van der Waals surface area contributed by atoms with Crippen LogP contribution in [-0.4, -0.2) is 54.3 Å². The van der Waals surface area contributed by atoms with E-state index in [9.17, 15) is 14.4 Å². The summed E-state index contributed by atoms with van der Waals surface area (Å²) in [5.74, 6) is 0.335. The lowest BCUT2D eigenvalue weighted by atomic mass is 9.49. The first kappa shape index (κ1) is 17.7. The summed E-state index contributed by atoms with van der Waals surface area (Å²) in [6.45, 7) is -0.328. The fourth-order valence-electron chi connectivity index (χ4n) is 5.16. The third-order valence-corrected chi connectivity index (χ3v) is 6.76. The van der Waals surface area contributed by atoms with Crippen LogP contribution in [0.5, 0.6) is 0 Å². The van der Waals surface area contributed by atoms with Crippen LogP contribution in [0.4, 0.5) is 0 Å². The van der Waals surface area contributed by atoms with Crippen LogP contribution in [0.15, 0.2) is 0 Å². The highest BCUT2D eigenvalue weighted by atomic mass is 79.9. The van der Waals surface area contributed by atoms with E-state index in [0.717, 1.165) is 32.1 Å². The average molecular weight is 401 g/mol. The van der Waals surface area contributed by atoms with Gasteiger partial charge in [-0.25, -0.2) is 0 Å². The first-order valence-corrected chi connectivity index (χ1v) is 9.35. The SMILES string of the molecule is CNC(=O)CN(C)C(=O)COC(=O)C12C[C@@H]3C[C@@H](CC(Br)(C3)C1)C2. The smallest absolute Gasteiger partial charge is 0.312 e. The molecule has 4 atom stereocenters. The van der Waals surface area contributed by atoms with Gasteiger partial charge in [-0.1, -0.05) is 15.9 Å². The average Bonchev–Trinajstić information content (AvgIpc) is 2.49. The highest BCUT2D eigenvalue weighted by molar-refractivity contribution is 9.10. The third-order valence-electron chi connectivity index (χ3n) is 5.83. The molecule has 4 aliphatic rings. The largest absolute Gasteiger partial charge is 0.455 e. The number of nitrogens with zero attached hydrogens (tertiary/aromatic N) is 1. The maximum atomic E-state index is 12.8. The number of amides is 2. The summed E-state index contributed by atoms with van der Waals surface area (Å²) in [5, 5.41) is 2.46. The highest BCUT2D eigenvalue weighted by Gasteiger charge is 2.60. The van der Waals surface area contributed by atoms with Crippen molar-refractivity contribution in [1.82, 2.24) is 10.2 Å². The molecule has 24 heavy (non-hydrogen) atoms. The molecule has 0 spiro atoms. The topological polar surface area (TPSA) is 75.7 Å². The molecule has 6 nitrogen and oxygen atoms in total. The molecule has 0 aliphatic heterocycles. The molecule has 7 heteroatoms. The van der Waals surface area contributed by atoms with Gasteiger partial charge in [-0.05, 0) is 50.4 Å². The molecular formula is C17H25BrN2O4. The van der Waals surface area contributed by atoms with E-state index >= 15 is 0 Å². The Balaban J connectivity index is 1.57. The molecular weight excluding hydrogens is 376 g/mol.